The standard InChI is InChI=1S/C25H21ClFNO6/c26-17-9-10-22(32-15-23(29)30)20(13-17)24-19-7-4-8-21(27)18(19)11-12-28(24)34-25(31)33-14-16-5-2-1-3-6-16/h1-10,13,24H,11-12,14-15H2,(H,29,30). The molecular formula is C25H21ClFNO6. The smallest absolute Gasteiger partial charge is 0.482 e. The van der Waals surface area contributed by atoms with Crippen LogP contribution in [-0.4, -0.2) is 35.4 Å². The quantitative estimate of drug-likeness (QED) is 0.463. The fourth-order valence-corrected chi connectivity index (χ4v) is 4.05. The minimum absolute atomic E-state index is 0.0214. The van der Waals surface area contributed by atoms with E-state index in [9.17, 15) is 14.0 Å². The molecule has 0 fully saturated rings. The molecule has 0 amide bonds. The molecule has 0 bridgehead atoms. The number of carbonyl (C=O) groups is 2. The number of hydroxylamine groups is 2. The number of aliphatic carboxylic acids is 1. The predicted octanol–water partition coefficient (Wildman–Crippen LogP) is 5.16. The van der Waals surface area contributed by atoms with Gasteiger partial charge in [-0.1, -0.05) is 54.1 Å². The van der Waals surface area contributed by atoms with E-state index in [1.807, 2.05) is 30.3 Å². The second-order valence-electron chi connectivity index (χ2n) is 7.58. The van der Waals surface area contributed by atoms with Crippen LogP contribution in [0.2, 0.25) is 5.02 Å². The molecule has 34 heavy (non-hydrogen) atoms. The van der Waals surface area contributed by atoms with Crippen LogP contribution in [0.1, 0.15) is 28.3 Å². The molecule has 0 spiro atoms. The average Bonchev–Trinajstić information content (AvgIpc) is 2.82. The van der Waals surface area contributed by atoms with Crippen molar-refractivity contribution in [2.75, 3.05) is 13.2 Å². The van der Waals surface area contributed by atoms with Gasteiger partial charge in [-0.05, 0) is 47.4 Å². The number of fused-ring (bicyclic) bond motifs is 1. The first kappa shape index (κ1) is 23.5. The van der Waals surface area contributed by atoms with Crippen molar-refractivity contribution in [3.8, 4) is 5.75 Å². The largest absolute Gasteiger partial charge is 0.528 e. The third kappa shape index (κ3) is 5.47. The number of hydrogen-bond acceptors (Lipinski definition) is 6. The fraction of sp³-hybridized carbons (Fsp3) is 0.200. The van der Waals surface area contributed by atoms with Crippen LogP contribution in [0.4, 0.5) is 9.18 Å². The molecule has 9 heteroatoms. The van der Waals surface area contributed by atoms with E-state index in [1.54, 1.807) is 24.3 Å². The van der Waals surface area contributed by atoms with Crippen LogP contribution < -0.4 is 4.74 Å². The van der Waals surface area contributed by atoms with Gasteiger partial charge in [0.1, 0.15) is 24.2 Å². The number of carbonyl (C=O) groups excluding carboxylic acids is 1. The minimum Gasteiger partial charge on any atom is -0.482 e. The lowest BCUT2D eigenvalue weighted by Crippen LogP contribution is -2.38. The molecule has 1 heterocycles. The van der Waals surface area contributed by atoms with Gasteiger partial charge in [0.15, 0.2) is 6.61 Å². The lowest BCUT2D eigenvalue weighted by molar-refractivity contribution is -0.152. The highest BCUT2D eigenvalue weighted by Gasteiger charge is 2.35. The Hall–Kier alpha value is -3.62. The molecule has 3 aromatic rings. The van der Waals surface area contributed by atoms with E-state index in [4.69, 9.17) is 31.0 Å². The Bertz CT molecular complexity index is 1190. The molecule has 4 rings (SSSR count). The Labute approximate surface area is 200 Å². The molecule has 3 aromatic carbocycles. The Morgan fingerprint density at radius 2 is 1.85 bits per heavy atom. The van der Waals surface area contributed by atoms with Crippen molar-refractivity contribution in [2.24, 2.45) is 0 Å². The van der Waals surface area contributed by atoms with Crippen LogP contribution in [0.15, 0.2) is 66.7 Å². The van der Waals surface area contributed by atoms with Crippen LogP contribution >= 0.6 is 11.6 Å². The Kier molecular flexibility index (Phi) is 7.30. The van der Waals surface area contributed by atoms with Gasteiger partial charge in [-0.15, -0.1) is 5.06 Å². The summed E-state index contributed by atoms with van der Waals surface area (Å²) < 4.78 is 25.3. The van der Waals surface area contributed by atoms with Crippen LogP contribution in [0.3, 0.4) is 0 Å². The van der Waals surface area contributed by atoms with Gasteiger partial charge < -0.3 is 19.4 Å². The number of rotatable bonds is 7. The summed E-state index contributed by atoms with van der Waals surface area (Å²) >= 11 is 6.23. The highest BCUT2D eigenvalue weighted by atomic mass is 35.5. The SMILES string of the molecule is O=C(O)COc1ccc(Cl)cc1C1c2cccc(F)c2CCN1OC(=O)OCc1ccccc1. The monoisotopic (exact) mass is 485 g/mol. The number of halogens is 2. The normalized spacial score (nSPS) is 15.3. The molecule has 176 valence electrons. The van der Waals surface area contributed by atoms with Gasteiger partial charge in [-0.3, -0.25) is 0 Å². The second-order valence-corrected chi connectivity index (χ2v) is 8.02. The van der Waals surface area contributed by atoms with Crippen molar-refractivity contribution in [3.63, 3.8) is 0 Å². The summed E-state index contributed by atoms with van der Waals surface area (Å²) in [4.78, 5) is 29.1. The number of nitrogens with zero attached hydrogens (tertiary/aromatic N) is 1. The molecule has 1 N–H and O–H groups in total. The van der Waals surface area contributed by atoms with E-state index in [0.717, 1.165) is 5.56 Å². The van der Waals surface area contributed by atoms with E-state index in [0.29, 0.717) is 21.7 Å². The number of ether oxygens (including phenoxy) is 2. The van der Waals surface area contributed by atoms with E-state index >= 15 is 0 Å². The van der Waals surface area contributed by atoms with Crippen LogP contribution in [0, 0.1) is 5.82 Å². The predicted molar refractivity (Wildman–Crippen MR) is 121 cm³/mol. The van der Waals surface area contributed by atoms with Crippen LogP contribution in [-0.2, 0) is 27.4 Å². The first-order chi connectivity index (χ1) is 16.4. The molecule has 1 unspecified atom stereocenters. The molecular weight excluding hydrogens is 465 g/mol. The number of hydrogen-bond donors (Lipinski definition) is 1. The highest BCUT2D eigenvalue weighted by Crippen LogP contribution is 2.41. The maximum Gasteiger partial charge on any atom is 0.528 e. The average molecular weight is 486 g/mol. The van der Waals surface area contributed by atoms with Crippen molar-refractivity contribution in [1.29, 1.82) is 0 Å². The van der Waals surface area contributed by atoms with Crippen molar-refractivity contribution >= 4 is 23.7 Å². The topological polar surface area (TPSA) is 85.3 Å². The van der Waals surface area contributed by atoms with E-state index in [1.165, 1.54) is 17.2 Å². The summed E-state index contributed by atoms with van der Waals surface area (Å²) in [6.45, 7) is -0.394. The fourth-order valence-electron chi connectivity index (χ4n) is 3.87. The summed E-state index contributed by atoms with van der Waals surface area (Å²) in [5, 5.41) is 10.8. The Morgan fingerprint density at radius 3 is 2.62 bits per heavy atom. The number of carboxylic acid groups (broad SMARTS) is 1. The molecule has 1 aliphatic heterocycles. The summed E-state index contributed by atoms with van der Waals surface area (Å²) in [5.74, 6) is -1.32. The first-order valence-electron chi connectivity index (χ1n) is 10.5. The minimum atomic E-state index is -1.16. The maximum absolute atomic E-state index is 14.6. The zero-order chi connectivity index (χ0) is 24.1. The van der Waals surface area contributed by atoms with Crippen molar-refractivity contribution in [3.05, 3.63) is 99.8 Å². The summed E-state index contributed by atoms with van der Waals surface area (Å²) in [6.07, 6.45) is -0.639. The van der Waals surface area contributed by atoms with Crippen molar-refractivity contribution in [1.82, 2.24) is 5.06 Å². The van der Waals surface area contributed by atoms with Gasteiger partial charge in [0.05, 0.1) is 0 Å². The van der Waals surface area contributed by atoms with Gasteiger partial charge in [-0.25, -0.2) is 14.0 Å². The summed E-state index contributed by atoms with van der Waals surface area (Å²) in [7, 11) is 0. The third-order valence-corrected chi connectivity index (χ3v) is 5.56. The molecule has 1 aliphatic rings. The lowest BCUT2D eigenvalue weighted by Gasteiger charge is -2.36. The number of carboxylic acids is 1. The van der Waals surface area contributed by atoms with Gasteiger partial charge >= 0.3 is 12.1 Å². The lowest BCUT2D eigenvalue weighted by atomic mass is 9.88. The van der Waals surface area contributed by atoms with Gasteiger partial charge in [-0.2, -0.15) is 0 Å². The van der Waals surface area contributed by atoms with E-state index in [-0.39, 0.29) is 31.1 Å². The van der Waals surface area contributed by atoms with Crippen molar-refractivity contribution < 1.29 is 33.4 Å². The third-order valence-electron chi connectivity index (χ3n) is 5.33. The molecule has 0 radical (unpaired) electrons. The number of benzene rings is 3. The van der Waals surface area contributed by atoms with Crippen LogP contribution in [0.5, 0.6) is 5.75 Å². The second kappa shape index (κ2) is 10.5. The zero-order valence-corrected chi connectivity index (χ0v) is 18.7. The zero-order valence-electron chi connectivity index (χ0n) is 17.9. The van der Waals surface area contributed by atoms with Gasteiger partial charge in [0.25, 0.3) is 0 Å². The summed E-state index contributed by atoms with van der Waals surface area (Å²) in [6, 6.07) is 17.6. The van der Waals surface area contributed by atoms with Crippen LogP contribution in [0.25, 0.3) is 0 Å². The maximum atomic E-state index is 14.6. The Morgan fingerprint density at radius 1 is 1.06 bits per heavy atom. The van der Waals surface area contributed by atoms with Gasteiger partial charge in [0, 0.05) is 17.1 Å². The Balaban J connectivity index is 1.65. The molecule has 7 nitrogen and oxygen atoms in total. The summed E-state index contributed by atoms with van der Waals surface area (Å²) in [5.41, 5.74) is 2.23. The molecule has 0 aliphatic carbocycles. The van der Waals surface area contributed by atoms with E-state index in [2.05, 4.69) is 0 Å². The molecule has 0 saturated heterocycles. The molecule has 0 saturated carbocycles. The van der Waals surface area contributed by atoms with E-state index < -0.39 is 24.8 Å². The highest BCUT2D eigenvalue weighted by molar-refractivity contribution is 6.30. The molecule has 1 atom stereocenters. The van der Waals surface area contributed by atoms with Crippen molar-refractivity contribution in [2.45, 2.75) is 19.1 Å². The molecule has 0 aromatic heterocycles. The van der Waals surface area contributed by atoms with Gasteiger partial charge in [0.2, 0.25) is 0 Å². The first-order valence-corrected chi connectivity index (χ1v) is 10.9.